The Morgan fingerprint density at radius 3 is 2.36 bits per heavy atom. The standard InChI is InChI=1S/C16H28N4S.HI/c1-8-17-14(20-10-15(4,5)16(20,6)7)18-9-13-19-11(2)12(3)21-13;/h8-10H2,1-7H3,(H,17,18);1H. The van der Waals surface area contributed by atoms with Gasteiger partial charge in [-0.3, -0.25) is 0 Å². The third-order valence-electron chi connectivity index (χ3n) is 4.91. The van der Waals surface area contributed by atoms with Crippen LogP contribution in [0.3, 0.4) is 0 Å². The number of thiazole rings is 1. The first-order valence-electron chi connectivity index (χ1n) is 7.68. The highest BCUT2D eigenvalue weighted by molar-refractivity contribution is 14.0. The SMILES string of the molecule is CCNC(=NCc1nc(C)c(C)s1)N1CC(C)(C)C1(C)C.I. The summed E-state index contributed by atoms with van der Waals surface area (Å²) >= 11 is 1.75. The van der Waals surface area contributed by atoms with Crippen molar-refractivity contribution in [1.29, 1.82) is 0 Å². The van der Waals surface area contributed by atoms with Gasteiger partial charge >= 0.3 is 0 Å². The number of aliphatic imine (C=N–C) groups is 1. The van der Waals surface area contributed by atoms with E-state index in [0.29, 0.717) is 12.0 Å². The minimum absolute atomic E-state index is 0. The lowest BCUT2D eigenvalue weighted by Crippen LogP contribution is -2.72. The lowest BCUT2D eigenvalue weighted by atomic mass is 9.65. The molecule has 0 bridgehead atoms. The number of hydrogen-bond acceptors (Lipinski definition) is 3. The van der Waals surface area contributed by atoms with E-state index >= 15 is 0 Å². The molecular formula is C16H29IN4S. The summed E-state index contributed by atoms with van der Waals surface area (Å²) in [7, 11) is 0. The molecule has 1 fully saturated rings. The van der Waals surface area contributed by atoms with Crippen LogP contribution in [0.25, 0.3) is 0 Å². The van der Waals surface area contributed by atoms with Gasteiger partial charge in [0.2, 0.25) is 0 Å². The second kappa shape index (κ2) is 7.03. The number of rotatable bonds is 3. The summed E-state index contributed by atoms with van der Waals surface area (Å²) in [5.74, 6) is 1.01. The number of likely N-dealkylation sites (tertiary alicyclic amines) is 1. The fraction of sp³-hybridized carbons (Fsp3) is 0.750. The summed E-state index contributed by atoms with van der Waals surface area (Å²) in [6.45, 7) is 18.1. The van der Waals surface area contributed by atoms with Gasteiger partial charge in [0, 0.05) is 28.9 Å². The van der Waals surface area contributed by atoms with Gasteiger partial charge in [-0.2, -0.15) is 0 Å². The van der Waals surface area contributed by atoms with E-state index in [1.54, 1.807) is 11.3 Å². The Morgan fingerprint density at radius 1 is 1.32 bits per heavy atom. The molecule has 1 aromatic rings. The number of guanidine groups is 1. The maximum Gasteiger partial charge on any atom is 0.194 e. The lowest BCUT2D eigenvalue weighted by Gasteiger charge is -2.62. The summed E-state index contributed by atoms with van der Waals surface area (Å²) < 4.78 is 0. The molecule has 1 saturated heterocycles. The lowest BCUT2D eigenvalue weighted by molar-refractivity contribution is -0.0667. The molecule has 0 amide bonds. The highest BCUT2D eigenvalue weighted by Gasteiger charge is 2.53. The molecule has 22 heavy (non-hydrogen) atoms. The zero-order chi connectivity index (χ0) is 15.8. The summed E-state index contributed by atoms with van der Waals surface area (Å²) in [6.07, 6.45) is 0. The Labute approximate surface area is 155 Å². The molecule has 1 aromatic heterocycles. The van der Waals surface area contributed by atoms with Crippen LogP contribution in [0.5, 0.6) is 0 Å². The molecule has 0 spiro atoms. The minimum Gasteiger partial charge on any atom is -0.356 e. The normalized spacial score (nSPS) is 19.4. The summed E-state index contributed by atoms with van der Waals surface area (Å²) in [5.41, 5.74) is 1.57. The van der Waals surface area contributed by atoms with Crippen molar-refractivity contribution in [2.45, 2.75) is 60.5 Å². The average molecular weight is 436 g/mol. The first-order chi connectivity index (χ1) is 9.69. The van der Waals surface area contributed by atoms with Crippen molar-refractivity contribution in [2.75, 3.05) is 13.1 Å². The van der Waals surface area contributed by atoms with E-state index in [2.05, 4.69) is 63.7 Å². The topological polar surface area (TPSA) is 40.5 Å². The second-order valence-corrected chi connectivity index (χ2v) is 8.24. The molecule has 4 nitrogen and oxygen atoms in total. The van der Waals surface area contributed by atoms with Crippen LogP contribution in [0.2, 0.25) is 0 Å². The van der Waals surface area contributed by atoms with Gasteiger partial charge in [0.1, 0.15) is 5.01 Å². The smallest absolute Gasteiger partial charge is 0.194 e. The number of halogens is 1. The van der Waals surface area contributed by atoms with Crippen molar-refractivity contribution in [2.24, 2.45) is 10.4 Å². The zero-order valence-corrected chi connectivity index (χ0v) is 17.9. The maximum atomic E-state index is 4.80. The molecule has 2 heterocycles. The Balaban J connectivity index is 0.00000242. The van der Waals surface area contributed by atoms with Crippen molar-refractivity contribution in [3.8, 4) is 0 Å². The predicted octanol–water partition coefficient (Wildman–Crippen LogP) is 3.96. The third-order valence-corrected chi connectivity index (χ3v) is 5.97. The van der Waals surface area contributed by atoms with E-state index in [1.807, 2.05) is 0 Å². The van der Waals surface area contributed by atoms with E-state index < -0.39 is 0 Å². The monoisotopic (exact) mass is 436 g/mol. The molecule has 0 atom stereocenters. The van der Waals surface area contributed by atoms with E-state index in [0.717, 1.165) is 29.8 Å². The Kier molecular flexibility index (Phi) is 6.29. The van der Waals surface area contributed by atoms with Gasteiger partial charge in [0.05, 0.1) is 12.2 Å². The first-order valence-corrected chi connectivity index (χ1v) is 8.49. The predicted molar refractivity (Wildman–Crippen MR) is 106 cm³/mol. The highest BCUT2D eigenvalue weighted by atomic mass is 127. The van der Waals surface area contributed by atoms with Crippen LogP contribution in [0.1, 0.15) is 50.2 Å². The van der Waals surface area contributed by atoms with Crippen molar-refractivity contribution < 1.29 is 0 Å². The molecule has 0 saturated carbocycles. The molecule has 0 unspecified atom stereocenters. The summed E-state index contributed by atoms with van der Waals surface area (Å²) in [5, 5.41) is 4.52. The summed E-state index contributed by atoms with van der Waals surface area (Å²) in [4.78, 5) is 13.0. The molecule has 1 N–H and O–H groups in total. The molecule has 1 aliphatic rings. The number of nitrogens with one attached hydrogen (secondary N) is 1. The average Bonchev–Trinajstić information content (AvgIpc) is 2.71. The summed E-state index contributed by atoms with van der Waals surface area (Å²) in [6, 6.07) is 0. The van der Waals surface area contributed by atoms with Crippen LogP contribution in [-0.4, -0.2) is 34.5 Å². The van der Waals surface area contributed by atoms with Crippen molar-refractivity contribution in [3.63, 3.8) is 0 Å². The number of aromatic nitrogens is 1. The minimum atomic E-state index is 0. The van der Waals surface area contributed by atoms with Gasteiger partial charge in [-0.05, 0) is 34.6 Å². The molecule has 6 heteroatoms. The molecule has 2 rings (SSSR count). The van der Waals surface area contributed by atoms with E-state index in [1.165, 1.54) is 4.88 Å². The molecule has 126 valence electrons. The van der Waals surface area contributed by atoms with Crippen LogP contribution in [-0.2, 0) is 6.54 Å². The number of hydrogen-bond donors (Lipinski definition) is 1. The highest BCUT2D eigenvalue weighted by Crippen LogP contribution is 2.46. The number of aryl methyl sites for hydroxylation is 2. The zero-order valence-electron chi connectivity index (χ0n) is 14.8. The fourth-order valence-corrected chi connectivity index (χ4v) is 3.40. The van der Waals surface area contributed by atoms with Gasteiger partial charge < -0.3 is 10.2 Å². The van der Waals surface area contributed by atoms with Crippen LogP contribution >= 0.6 is 35.3 Å². The van der Waals surface area contributed by atoms with E-state index in [9.17, 15) is 0 Å². The molecule has 0 aromatic carbocycles. The largest absolute Gasteiger partial charge is 0.356 e. The van der Waals surface area contributed by atoms with Gasteiger partial charge in [-0.15, -0.1) is 35.3 Å². The van der Waals surface area contributed by atoms with Crippen molar-refractivity contribution in [1.82, 2.24) is 15.2 Å². The van der Waals surface area contributed by atoms with Gasteiger partial charge in [-0.1, -0.05) is 13.8 Å². The third kappa shape index (κ3) is 3.58. The maximum absolute atomic E-state index is 4.80. The molecule has 1 aliphatic heterocycles. The van der Waals surface area contributed by atoms with E-state index in [4.69, 9.17) is 4.99 Å². The van der Waals surface area contributed by atoms with Crippen molar-refractivity contribution >= 4 is 41.3 Å². The van der Waals surface area contributed by atoms with E-state index in [-0.39, 0.29) is 29.5 Å². The van der Waals surface area contributed by atoms with Gasteiger partial charge in [0.15, 0.2) is 5.96 Å². The van der Waals surface area contributed by atoms with Crippen LogP contribution in [0.4, 0.5) is 0 Å². The van der Waals surface area contributed by atoms with Crippen LogP contribution in [0.15, 0.2) is 4.99 Å². The fourth-order valence-electron chi connectivity index (χ4n) is 2.54. The van der Waals surface area contributed by atoms with Crippen LogP contribution < -0.4 is 5.32 Å². The molecular weight excluding hydrogens is 407 g/mol. The van der Waals surface area contributed by atoms with Crippen LogP contribution in [0, 0.1) is 19.3 Å². The molecule has 0 radical (unpaired) electrons. The van der Waals surface area contributed by atoms with Gasteiger partial charge in [-0.25, -0.2) is 9.98 Å². The molecule has 0 aliphatic carbocycles. The first kappa shape index (κ1) is 19.7. The number of nitrogens with zero attached hydrogens (tertiary/aromatic N) is 3. The Morgan fingerprint density at radius 2 is 1.95 bits per heavy atom. The Hall–Kier alpha value is -0.370. The van der Waals surface area contributed by atoms with Gasteiger partial charge in [0.25, 0.3) is 0 Å². The van der Waals surface area contributed by atoms with Crippen molar-refractivity contribution in [3.05, 3.63) is 15.6 Å². The second-order valence-electron chi connectivity index (χ2n) is 6.95. The Bertz CT molecular complexity index is 529. The quantitative estimate of drug-likeness (QED) is 0.443.